The first-order valence-corrected chi connectivity index (χ1v) is 8.80. The lowest BCUT2D eigenvalue weighted by atomic mass is 10.1. The SMILES string of the molecule is Cc1c(Cl)ncnc1N1CCC(Oc2ccc3nn(C)cc3c2)CC1. The molecule has 0 bridgehead atoms. The molecule has 1 fully saturated rings. The number of rotatable bonds is 3. The molecule has 7 heteroatoms. The fourth-order valence-corrected chi connectivity index (χ4v) is 3.45. The molecule has 0 unspecified atom stereocenters. The van der Waals surface area contributed by atoms with E-state index in [4.69, 9.17) is 16.3 Å². The van der Waals surface area contributed by atoms with Crippen molar-refractivity contribution in [2.45, 2.75) is 25.9 Å². The topological polar surface area (TPSA) is 56.1 Å². The Labute approximate surface area is 151 Å². The lowest BCUT2D eigenvalue weighted by molar-refractivity contribution is 0.171. The summed E-state index contributed by atoms with van der Waals surface area (Å²) in [6.45, 7) is 3.76. The molecule has 0 radical (unpaired) electrons. The van der Waals surface area contributed by atoms with Gasteiger partial charge in [0.05, 0.1) is 5.52 Å². The van der Waals surface area contributed by atoms with Crippen LogP contribution >= 0.6 is 11.6 Å². The highest BCUT2D eigenvalue weighted by atomic mass is 35.5. The van der Waals surface area contributed by atoms with Crippen molar-refractivity contribution in [1.82, 2.24) is 19.7 Å². The molecule has 3 aromatic rings. The second kappa shape index (κ2) is 6.52. The number of halogens is 1. The Hall–Kier alpha value is -2.34. The summed E-state index contributed by atoms with van der Waals surface area (Å²) in [6, 6.07) is 6.06. The molecule has 0 amide bonds. The molecule has 25 heavy (non-hydrogen) atoms. The molecular formula is C18H20ClN5O. The summed E-state index contributed by atoms with van der Waals surface area (Å²) in [5, 5.41) is 6.01. The summed E-state index contributed by atoms with van der Waals surface area (Å²) in [6.07, 6.45) is 5.64. The first kappa shape index (κ1) is 16.1. The fraction of sp³-hybridized carbons (Fsp3) is 0.389. The minimum absolute atomic E-state index is 0.211. The second-order valence-electron chi connectivity index (χ2n) is 6.44. The van der Waals surface area contributed by atoms with Crippen LogP contribution in [0, 0.1) is 6.92 Å². The Bertz CT molecular complexity index is 902. The van der Waals surface area contributed by atoms with Gasteiger partial charge in [-0.25, -0.2) is 9.97 Å². The van der Waals surface area contributed by atoms with Gasteiger partial charge in [0.15, 0.2) is 0 Å². The van der Waals surface area contributed by atoms with Crippen LogP contribution in [0.3, 0.4) is 0 Å². The Morgan fingerprint density at radius 3 is 2.80 bits per heavy atom. The Balaban J connectivity index is 1.42. The third-order valence-corrected chi connectivity index (χ3v) is 5.01. The van der Waals surface area contributed by atoms with Gasteiger partial charge < -0.3 is 9.64 Å². The molecule has 3 heterocycles. The van der Waals surface area contributed by atoms with Gasteiger partial charge in [-0.05, 0) is 25.1 Å². The number of aromatic nitrogens is 4. The van der Waals surface area contributed by atoms with Crippen LogP contribution in [0.4, 0.5) is 5.82 Å². The van der Waals surface area contributed by atoms with E-state index in [1.807, 2.05) is 37.0 Å². The van der Waals surface area contributed by atoms with Crippen molar-refractivity contribution in [2.75, 3.05) is 18.0 Å². The Kier molecular flexibility index (Phi) is 4.21. The summed E-state index contributed by atoms with van der Waals surface area (Å²) in [4.78, 5) is 10.7. The number of benzene rings is 1. The van der Waals surface area contributed by atoms with Crippen LogP contribution in [0.2, 0.25) is 5.15 Å². The van der Waals surface area contributed by atoms with E-state index in [2.05, 4.69) is 26.0 Å². The zero-order valence-electron chi connectivity index (χ0n) is 14.3. The van der Waals surface area contributed by atoms with Crippen molar-refractivity contribution < 1.29 is 4.74 Å². The Morgan fingerprint density at radius 1 is 1.20 bits per heavy atom. The maximum atomic E-state index is 6.19. The highest BCUT2D eigenvalue weighted by Crippen LogP contribution is 2.27. The summed E-state index contributed by atoms with van der Waals surface area (Å²) < 4.78 is 8.01. The standard InChI is InChI=1S/C18H20ClN5O/c1-12-17(19)20-11-21-18(12)24-7-5-14(6-8-24)25-15-3-4-16-13(9-15)10-23(2)22-16/h3-4,9-11,14H,5-8H2,1-2H3. The molecule has 1 aliphatic heterocycles. The van der Waals surface area contributed by atoms with Gasteiger partial charge in [0, 0.05) is 50.1 Å². The van der Waals surface area contributed by atoms with E-state index in [-0.39, 0.29) is 6.10 Å². The van der Waals surface area contributed by atoms with Crippen molar-refractivity contribution in [2.24, 2.45) is 7.05 Å². The highest BCUT2D eigenvalue weighted by molar-refractivity contribution is 6.30. The lowest BCUT2D eigenvalue weighted by Crippen LogP contribution is -2.39. The third kappa shape index (κ3) is 3.26. The molecule has 1 aliphatic rings. The van der Waals surface area contributed by atoms with Gasteiger partial charge in [0.25, 0.3) is 0 Å². The van der Waals surface area contributed by atoms with Crippen LogP contribution in [0.1, 0.15) is 18.4 Å². The van der Waals surface area contributed by atoms with Crippen molar-refractivity contribution in [1.29, 1.82) is 0 Å². The fourth-order valence-electron chi connectivity index (χ4n) is 3.32. The summed E-state index contributed by atoms with van der Waals surface area (Å²) in [7, 11) is 1.93. The van der Waals surface area contributed by atoms with Gasteiger partial charge >= 0.3 is 0 Å². The molecule has 0 aliphatic carbocycles. The molecule has 130 valence electrons. The minimum atomic E-state index is 0.211. The van der Waals surface area contributed by atoms with Crippen LogP contribution < -0.4 is 9.64 Å². The van der Waals surface area contributed by atoms with Crippen LogP contribution in [0.5, 0.6) is 5.75 Å². The largest absolute Gasteiger partial charge is 0.490 e. The quantitative estimate of drug-likeness (QED) is 0.673. The molecule has 1 aromatic carbocycles. The Morgan fingerprint density at radius 2 is 2.00 bits per heavy atom. The molecule has 0 saturated carbocycles. The van der Waals surface area contributed by atoms with E-state index in [0.717, 1.165) is 54.0 Å². The average Bonchev–Trinajstić information content (AvgIpc) is 2.97. The van der Waals surface area contributed by atoms with E-state index >= 15 is 0 Å². The van der Waals surface area contributed by atoms with Crippen molar-refractivity contribution >= 4 is 28.3 Å². The normalized spacial score (nSPS) is 15.7. The zero-order chi connectivity index (χ0) is 17.4. The van der Waals surface area contributed by atoms with E-state index in [9.17, 15) is 0 Å². The first-order valence-electron chi connectivity index (χ1n) is 8.42. The van der Waals surface area contributed by atoms with Crippen LogP contribution in [-0.2, 0) is 7.05 Å². The number of hydrogen-bond acceptors (Lipinski definition) is 5. The van der Waals surface area contributed by atoms with Crippen LogP contribution in [0.15, 0.2) is 30.7 Å². The van der Waals surface area contributed by atoms with Gasteiger partial charge in [-0.15, -0.1) is 0 Å². The first-order chi connectivity index (χ1) is 12.1. The van der Waals surface area contributed by atoms with Gasteiger partial charge in [-0.1, -0.05) is 11.6 Å². The maximum absolute atomic E-state index is 6.19. The third-order valence-electron chi connectivity index (χ3n) is 4.63. The van der Waals surface area contributed by atoms with Crippen LogP contribution in [0.25, 0.3) is 10.9 Å². The predicted molar refractivity (Wildman–Crippen MR) is 98.4 cm³/mol. The van der Waals surface area contributed by atoms with E-state index < -0.39 is 0 Å². The number of aryl methyl sites for hydroxylation is 1. The summed E-state index contributed by atoms with van der Waals surface area (Å²) in [5.41, 5.74) is 1.92. The van der Waals surface area contributed by atoms with E-state index in [1.165, 1.54) is 6.33 Å². The number of fused-ring (bicyclic) bond motifs is 1. The molecule has 0 atom stereocenters. The zero-order valence-corrected chi connectivity index (χ0v) is 15.1. The van der Waals surface area contributed by atoms with Crippen LogP contribution in [-0.4, -0.2) is 38.9 Å². The summed E-state index contributed by atoms with van der Waals surface area (Å²) >= 11 is 6.11. The monoisotopic (exact) mass is 357 g/mol. The molecule has 6 nitrogen and oxygen atoms in total. The highest BCUT2D eigenvalue weighted by Gasteiger charge is 2.23. The molecule has 1 saturated heterocycles. The van der Waals surface area contributed by atoms with Crippen molar-refractivity contribution in [3.8, 4) is 5.75 Å². The number of ether oxygens (including phenoxy) is 1. The maximum Gasteiger partial charge on any atom is 0.137 e. The average molecular weight is 358 g/mol. The number of piperidine rings is 1. The van der Waals surface area contributed by atoms with E-state index in [0.29, 0.717) is 5.15 Å². The van der Waals surface area contributed by atoms with Gasteiger partial charge in [0.2, 0.25) is 0 Å². The molecule has 2 aromatic heterocycles. The molecule has 0 spiro atoms. The predicted octanol–water partition coefficient (Wildman–Crippen LogP) is 3.37. The number of anilines is 1. The van der Waals surface area contributed by atoms with E-state index in [1.54, 1.807) is 0 Å². The smallest absolute Gasteiger partial charge is 0.137 e. The van der Waals surface area contributed by atoms with Crippen molar-refractivity contribution in [3.05, 3.63) is 41.4 Å². The number of nitrogens with zero attached hydrogens (tertiary/aromatic N) is 5. The van der Waals surface area contributed by atoms with Gasteiger partial charge in [-0.2, -0.15) is 5.10 Å². The minimum Gasteiger partial charge on any atom is -0.490 e. The second-order valence-corrected chi connectivity index (χ2v) is 6.80. The summed E-state index contributed by atoms with van der Waals surface area (Å²) in [5.74, 6) is 1.83. The van der Waals surface area contributed by atoms with Gasteiger partial charge in [0.1, 0.15) is 29.2 Å². The van der Waals surface area contributed by atoms with Crippen molar-refractivity contribution in [3.63, 3.8) is 0 Å². The molecule has 0 N–H and O–H groups in total. The molecule has 4 rings (SSSR count). The number of hydrogen-bond donors (Lipinski definition) is 0. The van der Waals surface area contributed by atoms with Gasteiger partial charge in [-0.3, -0.25) is 4.68 Å². The lowest BCUT2D eigenvalue weighted by Gasteiger charge is -2.33. The molecular weight excluding hydrogens is 338 g/mol.